The second-order valence-corrected chi connectivity index (χ2v) is 7.72. The van der Waals surface area contributed by atoms with E-state index in [1.54, 1.807) is 24.3 Å². The molecule has 10 heteroatoms. The van der Waals surface area contributed by atoms with Gasteiger partial charge in [-0.15, -0.1) is 0 Å². The van der Waals surface area contributed by atoms with E-state index in [1.165, 1.54) is 17.7 Å². The second kappa shape index (κ2) is 7.56. The van der Waals surface area contributed by atoms with Gasteiger partial charge in [0.05, 0.1) is 12.8 Å². The highest BCUT2D eigenvalue weighted by molar-refractivity contribution is 6.25. The molecule has 0 saturated carbocycles. The largest absolute Gasteiger partial charge is 0.497 e. The molecule has 1 fully saturated rings. The predicted octanol–water partition coefficient (Wildman–Crippen LogP) is 2.86. The zero-order chi connectivity index (χ0) is 22.4. The number of rotatable bonds is 5. The Labute approximate surface area is 183 Å². The minimum absolute atomic E-state index is 0.0630. The fourth-order valence-corrected chi connectivity index (χ4v) is 3.81. The van der Waals surface area contributed by atoms with Crippen LogP contribution in [0.25, 0.3) is 11.4 Å². The lowest BCUT2D eigenvalue weighted by molar-refractivity contribution is -0.123. The van der Waals surface area contributed by atoms with Crippen molar-refractivity contribution in [3.8, 4) is 17.1 Å². The summed E-state index contributed by atoms with van der Waals surface area (Å²) in [4.78, 5) is 31.6. The minimum atomic E-state index is -0.907. The molecule has 0 unspecified atom stereocenters. The summed E-state index contributed by atoms with van der Waals surface area (Å²) in [5.74, 6) is 0.428. The highest BCUT2D eigenvalue weighted by Crippen LogP contribution is 2.34. The van der Waals surface area contributed by atoms with E-state index in [4.69, 9.17) is 9.26 Å². The van der Waals surface area contributed by atoms with Gasteiger partial charge in [-0.3, -0.25) is 14.6 Å². The molecule has 0 radical (unpaired) electrons. The number of methoxy groups -OCH3 is 1. The monoisotopic (exact) mass is 432 g/mol. The van der Waals surface area contributed by atoms with Crippen LogP contribution in [0.5, 0.6) is 5.75 Å². The lowest BCUT2D eigenvalue weighted by atomic mass is 10.1. The maximum Gasteiger partial charge on any atom is 0.263 e. The summed E-state index contributed by atoms with van der Waals surface area (Å²) in [6.07, 6.45) is 0. The van der Waals surface area contributed by atoms with Crippen LogP contribution in [-0.2, 0) is 16.1 Å². The third-order valence-electron chi connectivity index (χ3n) is 5.70. The van der Waals surface area contributed by atoms with Crippen molar-refractivity contribution >= 4 is 17.5 Å². The predicted molar refractivity (Wildman–Crippen MR) is 113 cm³/mol. The van der Waals surface area contributed by atoms with Crippen LogP contribution in [0, 0.1) is 13.8 Å². The van der Waals surface area contributed by atoms with Crippen LogP contribution in [0.15, 0.2) is 57.3 Å². The Kier molecular flexibility index (Phi) is 4.69. The maximum absolute atomic E-state index is 13.1. The Balaban J connectivity index is 1.36. The second-order valence-electron chi connectivity index (χ2n) is 7.72. The van der Waals surface area contributed by atoms with Gasteiger partial charge in [-0.1, -0.05) is 28.6 Å². The number of ether oxygens (including phenoxy) is 1. The lowest BCUT2D eigenvalue weighted by Crippen LogP contribution is -2.39. The Bertz CT molecular complexity index is 1250. The average Bonchev–Trinajstić information content (AvgIpc) is 3.48. The minimum Gasteiger partial charge on any atom is -0.497 e. The molecule has 2 aliphatic rings. The molecule has 5 rings (SSSR count). The van der Waals surface area contributed by atoms with Crippen LogP contribution in [0.2, 0.25) is 0 Å². The molecule has 3 aromatic rings. The van der Waals surface area contributed by atoms with Gasteiger partial charge < -0.3 is 9.26 Å². The Morgan fingerprint density at radius 3 is 2.69 bits per heavy atom. The Hall–Kier alpha value is -4.08. The fraction of sp³-hybridized carbons (Fsp3) is 0.273. The van der Waals surface area contributed by atoms with Crippen LogP contribution in [0.4, 0.5) is 5.69 Å². The van der Waals surface area contributed by atoms with Gasteiger partial charge in [0.2, 0.25) is 11.7 Å². The molecule has 10 nitrogen and oxygen atoms in total. The lowest BCUT2D eigenvalue weighted by Gasteiger charge is -2.19. The molecule has 2 aromatic carbocycles. The number of benzene rings is 2. The molecule has 1 aromatic heterocycles. The third kappa shape index (κ3) is 3.20. The summed E-state index contributed by atoms with van der Waals surface area (Å²) < 4.78 is 10.6. The molecular weight excluding hydrogens is 412 g/mol. The van der Waals surface area contributed by atoms with Crippen LogP contribution in [0.3, 0.4) is 0 Å². The molecule has 3 heterocycles. The average molecular weight is 432 g/mol. The van der Waals surface area contributed by atoms with Gasteiger partial charge in [-0.25, -0.2) is 4.90 Å². The van der Waals surface area contributed by atoms with Crippen LogP contribution in [0.1, 0.15) is 17.0 Å². The first kappa shape index (κ1) is 19.9. The number of nitrogens with zero attached hydrogens (tertiary/aromatic N) is 6. The first-order chi connectivity index (χ1) is 15.5. The number of anilines is 1. The number of fused-ring (bicyclic) bond motifs is 1. The van der Waals surface area contributed by atoms with E-state index in [0.717, 1.165) is 16.0 Å². The van der Waals surface area contributed by atoms with Gasteiger partial charge in [-0.05, 0) is 43.2 Å². The van der Waals surface area contributed by atoms with Gasteiger partial charge in [0.15, 0.2) is 12.1 Å². The van der Waals surface area contributed by atoms with Crippen molar-refractivity contribution in [2.45, 2.75) is 32.5 Å². The van der Waals surface area contributed by atoms with E-state index >= 15 is 0 Å². The molecule has 0 bridgehead atoms. The number of aromatic nitrogens is 2. The number of hydrogen-bond donors (Lipinski definition) is 0. The number of aryl methyl sites for hydroxylation is 2. The molecule has 2 aliphatic heterocycles. The quantitative estimate of drug-likeness (QED) is 0.570. The first-order valence-corrected chi connectivity index (χ1v) is 10.1. The van der Waals surface area contributed by atoms with E-state index in [2.05, 4.69) is 20.5 Å². The summed E-state index contributed by atoms with van der Waals surface area (Å²) in [6, 6.07) is 10.9. The van der Waals surface area contributed by atoms with Gasteiger partial charge >= 0.3 is 0 Å². The number of carbonyl (C=O) groups excluding carboxylic acids is 2. The van der Waals surface area contributed by atoms with Crippen LogP contribution >= 0.6 is 0 Å². The van der Waals surface area contributed by atoms with Crippen molar-refractivity contribution in [1.82, 2.24) is 15.1 Å². The topological polar surface area (TPSA) is 113 Å². The van der Waals surface area contributed by atoms with Gasteiger partial charge in [0.25, 0.3) is 11.8 Å². The first-order valence-electron chi connectivity index (χ1n) is 10.1. The standard InChI is InChI=1S/C22H20N6O4/c1-12-7-8-14(9-13(12)2)20-23-17(32-25-20)11-27-19-18(24-26-27)21(29)28(22(19)30)15-5-4-6-16(10-15)31-3/h4-10,18-19H,11H2,1-3H3/t18-,19+/m1/s1. The third-order valence-corrected chi connectivity index (χ3v) is 5.70. The van der Waals surface area contributed by atoms with E-state index in [0.29, 0.717) is 17.3 Å². The molecular formula is C22H20N6O4. The molecule has 2 atom stereocenters. The van der Waals surface area contributed by atoms with Crippen molar-refractivity contribution in [3.05, 3.63) is 59.5 Å². The van der Waals surface area contributed by atoms with E-state index in [-0.39, 0.29) is 12.4 Å². The molecule has 0 spiro atoms. The fourth-order valence-electron chi connectivity index (χ4n) is 3.81. The normalized spacial score (nSPS) is 19.7. The number of carbonyl (C=O) groups is 2. The summed E-state index contributed by atoms with van der Waals surface area (Å²) >= 11 is 0. The summed E-state index contributed by atoms with van der Waals surface area (Å²) in [5.41, 5.74) is 3.56. The molecule has 32 heavy (non-hydrogen) atoms. The number of imide groups is 1. The molecule has 0 N–H and O–H groups in total. The van der Waals surface area contributed by atoms with Crippen LogP contribution < -0.4 is 9.64 Å². The van der Waals surface area contributed by atoms with E-state index in [9.17, 15) is 9.59 Å². The molecule has 1 saturated heterocycles. The summed E-state index contributed by atoms with van der Waals surface area (Å²) in [6.45, 7) is 4.11. The van der Waals surface area contributed by atoms with E-state index in [1.807, 2.05) is 32.0 Å². The van der Waals surface area contributed by atoms with Crippen molar-refractivity contribution in [2.75, 3.05) is 12.0 Å². The van der Waals surface area contributed by atoms with Gasteiger partial charge in [0.1, 0.15) is 12.3 Å². The highest BCUT2D eigenvalue weighted by Gasteiger charge is 2.55. The summed E-state index contributed by atoms with van der Waals surface area (Å²) in [7, 11) is 1.52. The maximum atomic E-state index is 13.1. The van der Waals surface area contributed by atoms with E-state index < -0.39 is 23.9 Å². The zero-order valence-electron chi connectivity index (χ0n) is 17.7. The van der Waals surface area contributed by atoms with Gasteiger partial charge in [0, 0.05) is 11.6 Å². The van der Waals surface area contributed by atoms with Crippen molar-refractivity contribution in [3.63, 3.8) is 0 Å². The zero-order valence-corrected chi connectivity index (χ0v) is 17.7. The van der Waals surface area contributed by atoms with Crippen molar-refractivity contribution in [1.29, 1.82) is 0 Å². The van der Waals surface area contributed by atoms with Crippen molar-refractivity contribution < 1.29 is 18.8 Å². The Morgan fingerprint density at radius 2 is 1.91 bits per heavy atom. The van der Waals surface area contributed by atoms with Gasteiger partial charge in [-0.2, -0.15) is 10.1 Å². The smallest absolute Gasteiger partial charge is 0.263 e. The summed E-state index contributed by atoms with van der Waals surface area (Å²) in [5, 5.41) is 13.5. The van der Waals surface area contributed by atoms with Crippen molar-refractivity contribution in [2.24, 2.45) is 10.3 Å². The molecule has 0 aliphatic carbocycles. The molecule has 162 valence electrons. The Morgan fingerprint density at radius 1 is 1.06 bits per heavy atom. The SMILES string of the molecule is COc1cccc(N2C(=O)[C@@H]3[C@@H](N=NN3Cc3nc(-c4ccc(C)c(C)c4)no3)C2=O)c1. The highest BCUT2D eigenvalue weighted by atomic mass is 16.5. The number of amides is 2. The number of hydrogen-bond acceptors (Lipinski definition) is 9. The van der Waals surface area contributed by atoms with Crippen LogP contribution in [-0.4, -0.2) is 46.2 Å². The molecule has 2 amide bonds.